The Morgan fingerprint density at radius 3 is 3.12 bits per heavy atom. The molecule has 0 fully saturated rings. The molecule has 1 atom stereocenters. The van der Waals surface area contributed by atoms with Crippen LogP contribution in [0.1, 0.15) is 29.3 Å². The molecule has 0 aliphatic carbocycles. The Balaban J connectivity index is 1.39. The second kappa shape index (κ2) is 6.80. The summed E-state index contributed by atoms with van der Waals surface area (Å²) in [5.74, 6) is 0.821. The Labute approximate surface area is 152 Å². The molecule has 1 aromatic carbocycles. The third kappa shape index (κ3) is 3.15. The van der Waals surface area contributed by atoms with E-state index in [1.807, 2.05) is 18.2 Å². The summed E-state index contributed by atoms with van der Waals surface area (Å²) in [5, 5.41) is 1.74. The normalized spacial score (nSPS) is 13.7. The monoisotopic (exact) mass is 372 g/mol. The van der Waals surface area contributed by atoms with Gasteiger partial charge in [0.1, 0.15) is 5.56 Å². The van der Waals surface area contributed by atoms with Gasteiger partial charge in [-0.1, -0.05) is 6.07 Å². The van der Waals surface area contributed by atoms with Crippen molar-refractivity contribution in [2.45, 2.75) is 25.9 Å². The second-order valence-corrected chi connectivity index (χ2v) is 6.85. The number of ether oxygens (including phenoxy) is 3. The van der Waals surface area contributed by atoms with Crippen molar-refractivity contribution in [1.82, 2.24) is 9.38 Å². The zero-order valence-corrected chi connectivity index (χ0v) is 14.8. The van der Waals surface area contributed by atoms with Crippen LogP contribution in [0.2, 0.25) is 0 Å². The van der Waals surface area contributed by atoms with E-state index in [1.165, 1.54) is 21.9 Å². The highest BCUT2D eigenvalue weighted by Gasteiger charge is 2.18. The van der Waals surface area contributed by atoms with Gasteiger partial charge in [-0.25, -0.2) is 9.78 Å². The number of hydrogen-bond donors (Lipinski definition) is 0. The predicted molar refractivity (Wildman–Crippen MR) is 95.1 cm³/mol. The number of rotatable bonds is 5. The van der Waals surface area contributed by atoms with Crippen LogP contribution in [0.15, 0.2) is 40.8 Å². The molecule has 0 N–H and O–H groups in total. The quantitative estimate of drug-likeness (QED) is 0.641. The molecular formula is C18H16N2O5S. The third-order valence-electron chi connectivity index (χ3n) is 4.15. The molecule has 8 heteroatoms. The van der Waals surface area contributed by atoms with Crippen LogP contribution in [0.4, 0.5) is 0 Å². The molecule has 0 spiro atoms. The van der Waals surface area contributed by atoms with Crippen molar-refractivity contribution in [2.24, 2.45) is 0 Å². The van der Waals surface area contributed by atoms with Gasteiger partial charge in [-0.3, -0.25) is 9.20 Å². The Bertz CT molecular complexity index is 1030. The maximum absolute atomic E-state index is 12.3. The topological polar surface area (TPSA) is 79.1 Å². The number of thiazole rings is 1. The average Bonchev–Trinajstić information content (AvgIpc) is 3.29. The van der Waals surface area contributed by atoms with Crippen LogP contribution in [-0.2, 0) is 11.2 Å². The standard InChI is InChI=1S/C18H16N2O5S/c1-11(2-3-12-4-5-14-15(8-12)24-10-23-14)25-17(22)13-9-19-18-20(16(13)21)6-7-26-18/h4-9,11H,2-3,10H2,1H3/t11-/m0/s1. The Morgan fingerprint density at radius 2 is 2.23 bits per heavy atom. The first-order chi connectivity index (χ1) is 12.6. The summed E-state index contributed by atoms with van der Waals surface area (Å²) in [7, 11) is 0. The van der Waals surface area contributed by atoms with Gasteiger partial charge in [0.15, 0.2) is 16.5 Å². The van der Waals surface area contributed by atoms with Crippen LogP contribution in [0, 0.1) is 0 Å². The van der Waals surface area contributed by atoms with Gasteiger partial charge in [0.2, 0.25) is 6.79 Å². The fourth-order valence-electron chi connectivity index (χ4n) is 2.74. The van der Waals surface area contributed by atoms with Crippen molar-refractivity contribution in [3.05, 3.63) is 57.5 Å². The number of aromatic nitrogens is 2. The zero-order valence-electron chi connectivity index (χ0n) is 14.0. The molecule has 7 nitrogen and oxygen atoms in total. The first-order valence-corrected chi connectivity index (χ1v) is 9.04. The number of benzene rings is 1. The molecule has 0 saturated heterocycles. The third-order valence-corrected chi connectivity index (χ3v) is 4.92. The Morgan fingerprint density at radius 1 is 1.38 bits per heavy atom. The molecular weight excluding hydrogens is 356 g/mol. The molecule has 0 unspecified atom stereocenters. The highest BCUT2D eigenvalue weighted by molar-refractivity contribution is 7.15. The van der Waals surface area contributed by atoms with E-state index in [9.17, 15) is 9.59 Å². The smallest absolute Gasteiger partial charge is 0.345 e. The second-order valence-electron chi connectivity index (χ2n) is 5.97. The van der Waals surface area contributed by atoms with Gasteiger partial charge in [0.25, 0.3) is 5.56 Å². The summed E-state index contributed by atoms with van der Waals surface area (Å²) in [4.78, 5) is 29.3. The van der Waals surface area contributed by atoms with Crippen molar-refractivity contribution in [2.75, 3.05) is 6.79 Å². The number of aryl methyl sites for hydroxylation is 1. The highest BCUT2D eigenvalue weighted by atomic mass is 32.1. The van der Waals surface area contributed by atoms with Gasteiger partial charge in [-0.15, -0.1) is 11.3 Å². The summed E-state index contributed by atoms with van der Waals surface area (Å²) in [6.45, 7) is 2.05. The van der Waals surface area contributed by atoms with Crippen LogP contribution in [0.5, 0.6) is 11.5 Å². The molecule has 0 saturated carbocycles. The summed E-state index contributed by atoms with van der Waals surface area (Å²) >= 11 is 1.33. The number of nitrogens with zero attached hydrogens (tertiary/aromatic N) is 2. The van der Waals surface area contributed by atoms with E-state index < -0.39 is 11.5 Å². The van der Waals surface area contributed by atoms with E-state index in [0.29, 0.717) is 17.8 Å². The fourth-order valence-corrected chi connectivity index (χ4v) is 3.41. The largest absolute Gasteiger partial charge is 0.459 e. The minimum Gasteiger partial charge on any atom is -0.459 e. The maximum atomic E-state index is 12.3. The lowest BCUT2D eigenvalue weighted by Crippen LogP contribution is -2.25. The van der Waals surface area contributed by atoms with E-state index in [1.54, 1.807) is 18.5 Å². The lowest BCUT2D eigenvalue weighted by atomic mass is 10.1. The van der Waals surface area contributed by atoms with Crippen molar-refractivity contribution in [3.8, 4) is 11.5 Å². The van der Waals surface area contributed by atoms with E-state index in [0.717, 1.165) is 17.1 Å². The SMILES string of the molecule is C[C@@H](CCc1ccc2c(c1)OCO2)OC(=O)c1cnc2sccn2c1=O. The van der Waals surface area contributed by atoms with Crippen molar-refractivity contribution < 1.29 is 19.0 Å². The molecule has 3 heterocycles. The summed E-state index contributed by atoms with van der Waals surface area (Å²) < 4.78 is 17.4. The fraction of sp³-hybridized carbons (Fsp3) is 0.278. The number of carbonyl (C=O) groups excluding carboxylic acids is 1. The van der Waals surface area contributed by atoms with Crippen LogP contribution in [0.25, 0.3) is 4.96 Å². The molecule has 134 valence electrons. The predicted octanol–water partition coefficient (Wildman–Crippen LogP) is 2.66. The van der Waals surface area contributed by atoms with E-state index in [4.69, 9.17) is 14.2 Å². The van der Waals surface area contributed by atoms with Gasteiger partial charge in [0, 0.05) is 11.6 Å². The van der Waals surface area contributed by atoms with Crippen LogP contribution < -0.4 is 15.0 Å². The first kappa shape index (κ1) is 16.6. The van der Waals surface area contributed by atoms with E-state index >= 15 is 0 Å². The van der Waals surface area contributed by atoms with E-state index in [-0.39, 0.29) is 18.5 Å². The average molecular weight is 372 g/mol. The summed E-state index contributed by atoms with van der Waals surface area (Å²) in [5.41, 5.74) is 0.596. The minimum atomic E-state index is -0.652. The van der Waals surface area contributed by atoms with Gasteiger partial charge < -0.3 is 14.2 Å². The number of esters is 1. The lowest BCUT2D eigenvalue weighted by Gasteiger charge is -2.13. The number of hydrogen-bond acceptors (Lipinski definition) is 7. The van der Waals surface area contributed by atoms with Gasteiger partial charge in [-0.05, 0) is 37.5 Å². The molecule has 4 rings (SSSR count). The summed E-state index contributed by atoms with van der Waals surface area (Å²) in [6.07, 6.45) is 3.87. The zero-order chi connectivity index (χ0) is 18.1. The molecule has 3 aromatic rings. The number of carbonyl (C=O) groups is 1. The van der Waals surface area contributed by atoms with E-state index in [2.05, 4.69) is 4.98 Å². The van der Waals surface area contributed by atoms with Crippen molar-refractivity contribution in [3.63, 3.8) is 0 Å². The van der Waals surface area contributed by atoms with Gasteiger partial charge in [-0.2, -0.15) is 0 Å². The molecule has 1 aliphatic heterocycles. The van der Waals surface area contributed by atoms with Crippen LogP contribution >= 0.6 is 11.3 Å². The van der Waals surface area contributed by atoms with Gasteiger partial charge >= 0.3 is 5.97 Å². The molecule has 2 aromatic heterocycles. The van der Waals surface area contributed by atoms with Gasteiger partial charge in [0.05, 0.1) is 12.3 Å². The van der Waals surface area contributed by atoms with Crippen LogP contribution in [0.3, 0.4) is 0 Å². The number of fused-ring (bicyclic) bond motifs is 2. The Hall–Kier alpha value is -2.87. The highest BCUT2D eigenvalue weighted by Crippen LogP contribution is 2.32. The minimum absolute atomic E-state index is 0.0594. The molecule has 0 amide bonds. The first-order valence-electron chi connectivity index (χ1n) is 8.16. The van der Waals surface area contributed by atoms with Crippen molar-refractivity contribution >= 4 is 22.3 Å². The van der Waals surface area contributed by atoms with Crippen molar-refractivity contribution in [1.29, 1.82) is 0 Å². The molecule has 26 heavy (non-hydrogen) atoms. The van der Waals surface area contributed by atoms with Crippen LogP contribution in [-0.4, -0.2) is 28.3 Å². The lowest BCUT2D eigenvalue weighted by molar-refractivity contribution is 0.0322. The molecule has 0 bridgehead atoms. The maximum Gasteiger partial charge on any atom is 0.345 e. The molecule has 1 aliphatic rings. The molecule has 0 radical (unpaired) electrons. The Kier molecular flexibility index (Phi) is 4.34. The summed E-state index contributed by atoms with van der Waals surface area (Å²) in [6, 6.07) is 5.76.